The SMILES string of the molecule is CC(=CC(C)OC12CC3CC(C(=O)O)(C1)CC(C(=O)O)(C3)C2)C(=O)O. The highest BCUT2D eigenvalue weighted by Gasteiger charge is 2.69. The highest BCUT2D eigenvalue weighted by molar-refractivity contribution is 5.85. The molecule has 0 heterocycles. The van der Waals surface area contributed by atoms with Crippen LogP contribution in [-0.4, -0.2) is 44.9 Å². The summed E-state index contributed by atoms with van der Waals surface area (Å²) in [6, 6.07) is 0. The van der Waals surface area contributed by atoms with Gasteiger partial charge in [-0.05, 0) is 64.4 Å². The third kappa shape index (κ3) is 2.84. The van der Waals surface area contributed by atoms with Gasteiger partial charge in [0.2, 0.25) is 0 Å². The maximum Gasteiger partial charge on any atom is 0.331 e. The normalized spacial score (nSPS) is 40.7. The Morgan fingerprint density at radius 1 is 1.00 bits per heavy atom. The lowest BCUT2D eigenvalue weighted by molar-refractivity contribution is -0.239. The molecule has 4 aliphatic rings. The predicted octanol–water partition coefficient (Wildman–Crippen LogP) is 2.30. The van der Waals surface area contributed by atoms with E-state index in [9.17, 15) is 24.6 Å². The molecule has 4 aliphatic carbocycles. The Balaban J connectivity index is 1.93. The molecule has 0 radical (unpaired) electrons. The predicted molar refractivity (Wildman–Crippen MR) is 86.0 cm³/mol. The lowest BCUT2D eigenvalue weighted by atomic mass is 9.42. The number of carbonyl (C=O) groups is 3. The first-order valence-corrected chi connectivity index (χ1v) is 8.58. The summed E-state index contributed by atoms with van der Waals surface area (Å²) in [7, 11) is 0. The first-order chi connectivity index (χ1) is 11.5. The summed E-state index contributed by atoms with van der Waals surface area (Å²) < 4.78 is 6.16. The fraction of sp³-hybridized carbons (Fsp3) is 0.722. The first kappa shape index (κ1) is 17.9. The fourth-order valence-electron chi connectivity index (χ4n) is 5.81. The fourth-order valence-corrected chi connectivity index (χ4v) is 5.81. The molecule has 3 N–H and O–H groups in total. The summed E-state index contributed by atoms with van der Waals surface area (Å²) in [4.78, 5) is 34.9. The average molecular weight is 352 g/mol. The Bertz CT molecular complexity index is 634. The third-order valence-electron chi connectivity index (χ3n) is 6.18. The van der Waals surface area contributed by atoms with Crippen LogP contribution < -0.4 is 0 Å². The van der Waals surface area contributed by atoms with Crippen LogP contribution in [0.3, 0.4) is 0 Å². The number of carboxylic acids is 3. The minimum absolute atomic E-state index is 0.0141. The van der Waals surface area contributed by atoms with Crippen molar-refractivity contribution in [2.75, 3.05) is 0 Å². The number of hydrogen-bond donors (Lipinski definition) is 3. The van der Waals surface area contributed by atoms with Crippen LogP contribution in [0.5, 0.6) is 0 Å². The smallest absolute Gasteiger partial charge is 0.331 e. The summed E-state index contributed by atoms with van der Waals surface area (Å²) in [6.07, 6.45) is 3.36. The van der Waals surface area contributed by atoms with Crippen LogP contribution in [0.4, 0.5) is 0 Å². The van der Waals surface area contributed by atoms with Crippen LogP contribution in [0.1, 0.15) is 52.4 Å². The highest BCUT2D eigenvalue weighted by Crippen LogP contribution is 2.68. The second kappa shape index (κ2) is 5.56. The van der Waals surface area contributed by atoms with Gasteiger partial charge in [0.25, 0.3) is 0 Å². The topological polar surface area (TPSA) is 121 Å². The lowest BCUT2D eigenvalue weighted by Gasteiger charge is -2.63. The van der Waals surface area contributed by atoms with E-state index in [0.717, 1.165) is 0 Å². The quantitative estimate of drug-likeness (QED) is 0.627. The van der Waals surface area contributed by atoms with Gasteiger partial charge >= 0.3 is 17.9 Å². The van der Waals surface area contributed by atoms with Crippen molar-refractivity contribution in [3.05, 3.63) is 11.6 Å². The van der Waals surface area contributed by atoms with Crippen LogP contribution in [0.15, 0.2) is 11.6 Å². The van der Waals surface area contributed by atoms with Crippen LogP contribution in [-0.2, 0) is 19.1 Å². The van der Waals surface area contributed by atoms with Crippen molar-refractivity contribution in [1.29, 1.82) is 0 Å². The summed E-state index contributed by atoms with van der Waals surface area (Å²) in [5.74, 6) is -2.91. The van der Waals surface area contributed by atoms with Gasteiger partial charge in [-0.1, -0.05) is 0 Å². The van der Waals surface area contributed by atoms with Crippen molar-refractivity contribution in [2.45, 2.75) is 64.1 Å². The van der Waals surface area contributed by atoms with Crippen molar-refractivity contribution in [2.24, 2.45) is 16.7 Å². The Labute approximate surface area is 145 Å². The molecule has 3 unspecified atom stereocenters. The molecule has 0 aromatic heterocycles. The van der Waals surface area contributed by atoms with E-state index in [1.54, 1.807) is 6.92 Å². The molecule has 4 saturated carbocycles. The number of hydrogen-bond acceptors (Lipinski definition) is 4. The Morgan fingerprint density at radius 3 is 1.96 bits per heavy atom. The molecular formula is C18H24O7. The van der Waals surface area contributed by atoms with Crippen LogP contribution in [0, 0.1) is 16.7 Å². The zero-order valence-corrected chi connectivity index (χ0v) is 14.4. The molecule has 0 aromatic rings. The maximum absolute atomic E-state index is 12.0. The molecule has 0 spiro atoms. The van der Waals surface area contributed by atoms with Gasteiger partial charge in [-0.3, -0.25) is 9.59 Å². The second-order valence-corrected chi connectivity index (χ2v) is 8.34. The molecular weight excluding hydrogens is 328 g/mol. The van der Waals surface area contributed by atoms with Crippen molar-refractivity contribution >= 4 is 17.9 Å². The molecule has 4 rings (SSSR count). The highest BCUT2D eigenvalue weighted by atomic mass is 16.5. The molecule has 0 aliphatic heterocycles. The van der Waals surface area contributed by atoms with Gasteiger partial charge in [-0.2, -0.15) is 0 Å². The van der Waals surface area contributed by atoms with E-state index >= 15 is 0 Å². The lowest BCUT2D eigenvalue weighted by Crippen LogP contribution is -2.65. The first-order valence-electron chi connectivity index (χ1n) is 8.58. The Morgan fingerprint density at radius 2 is 1.52 bits per heavy atom. The maximum atomic E-state index is 12.0. The minimum Gasteiger partial charge on any atom is -0.481 e. The van der Waals surface area contributed by atoms with E-state index < -0.39 is 40.4 Å². The van der Waals surface area contributed by atoms with Gasteiger partial charge in [0.1, 0.15) is 0 Å². The monoisotopic (exact) mass is 352 g/mol. The van der Waals surface area contributed by atoms with Crippen molar-refractivity contribution in [1.82, 2.24) is 0 Å². The molecule has 3 atom stereocenters. The Hall–Kier alpha value is -1.89. The van der Waals surface area contributed by atoms with Gasteiger partial charge in [0.15, 0.2) is 0 Å². The van der Waals surface area contributed by atoms with Gasteiger partial charge in [-0.15, -0.1) is 0 Å². The minimum atomic E-state index is -1.05. The summed E-state index contributed by atoms with van der Waals surface area (Å²) in [6.45, 7) is 3.19. The summed E-state index contributed by atoms with van der Waals surface area (Å²) >= 11 is 0. The largest absolute Gasteiger partial charge is 0.481 e. The molecule has 25 heavy (non-hydrogen) atoms. The van der Waals surface area contributed by atoms with Crippen molar-refractivity contribution in [3.63, 3.8) is 0 Å². The molecule has 0 aromatic carbocycles. The van der Waals surface area contributed by atoms with E-state index in [1.165, 1.54) is 13.0 Å². The van der Waals surface area contributed by atoms with Gasteiger partial charge in [0, 0.05) is 5.57 Å². The molecule has 7 nitrogen and oxygen atoms in total. The van der Waals surface area contributed by atoms with E-state index in [2.05, 4.69) is 0 Å². The second-order valence-electron chi connectivity index (χ2n) is 8.34. The van der Waals surface area contributed by atoms with Gasteiger partial charge < -0.3 is 20.1 Å². The van der Waals surface area contributed by atoms with E-state index in [-0.39, 0.29) is 17.9 Å². The average Bonchev–Trinajstić information content (AvgIpc) is 2.44. The van der Waals surface area contributed by atoms with Crippen molar-refractivity contribution < 1.29 is 34.4 Å². The molecule has 7 heteroatoms. The number of ether oxygens (including phenoxy) is 1. The third-order valence-corrected chi connectivity index (χ3v) is 6.18. The number of carboxylic acid groups (broad SMARTS) is 3. The van der Waals surface area contributed by atoms with E-state index in [1.807, 2.05) is 0 Å². The summed E-state index contributed by atoms with van der Waals surface area (Å²) in [5.41, 5.74) is -2.77. The summed E-state index contributed by atoms with van der Waals surface area (Å²) in [5, 5.41) is 28.6. The molecule has 4 bridgehead atoms. The zero-order valence-electron chi connectivity index (χ0n) is 14.4. The van der Waals surface area contributed by atoms with Crippen LogP contribution in [0.25, 0.3) is 0 Å². The standard InChI is InChI=1S/C18H24O7/c1-10(13(19)20)3-11(2)25-18-6-12-4-16(8-18,14(21)22)7-17(5-12,9-18)15(23)24/h3,11-12H,4-9H2,1-2H3,(H,19,20)(H,21,22)(H,23,24). The molecule has 0 amide bonds. The van der Waals surface area contributed by atoms with Crippen molar-refractivity contribution in [3.8, 4) is 0 Å². The number of rotatable bonds is 6. The van der Waals surface area contributed by atoms with Gasteiger partial charge in [0.05, 0.1) is 22.5 Å². The number of aliphatic carboxylic acids is 3. The zero-order chi connectivity index (χ0) is 18.6. The van der Waals surface area contributed by atoms with E-state index in [0.29, 0.717) is 32.1 Å². The molecule has 138 valence electrons. The molecule has 0 saturated heterocycles. The Kier molecular flexibility index (Phi) is 3.98. The van der Waals surface area contributed by atoms with Gasteiger partial charge in [-0.25, -0.2) is 4.79 Å². The van der Waals surface area contributed by atoms with E-state index in [4.69, 9.17) is 9.84 Å². The van der Waals surface area contributed by atoms with Crippen LogP contribution in [0.2, 0.25) is 0 Å². The van der Waals surface area contributed by atoms with Crippen LogP contribution >= 0.6 is 0 Å². The molecule has 4 fully saturated rings.